The zero-order chi connectivity index (χ0) is 27.4. The van der Waals surface area contributed by atoms with E-state index in [9.17, 15) is 19.0 Å². The first-order valence-electron chi connectivity index (χ1n) is 14.1. The summed E-state index contributed by atoms with van der Waals surface area (Å²) in [7, 11) is -2.95. The van der Waals surface area contributed by atoms with E-state index in [0.29, 0.717) is 55.5 Å². The lowest BCUT2D eigenvalue weighted by molar-refractivity contribution is 0.0821. The van der Waals surface area contributed by atoms with Gasteiger partial charge in [0.1, 0.15) is 0 Å². The fourth-order valence-corrected chi connectivity index (χ4v) is 7.45. The molecule has 5 N–H and O–H groups in total. The fraction of sp³-hybridized carbons (Fsp3) is 0.517. The summed E-state index contributed by atoms with van der Waals surface area (Å²) in [5, 5.41) is 23.1. The maximum atomic E-state index is 13.7. The van der Waals surface area contributed by atoms with Crippen molar-refractivity contribution in [2.75, 3.05) is 23.1 Å². The lowest BCUT2D eigenvalue weighted by atomic mass is 9.95. The largest absolute Gasteiger partial charge is 0.390 e. The number of hydrogen-bond acceptors (Lipinski definition) is 7. The van der Waals surface area contributed by atoms with E-state index in [1.165, 1.54) is 19.3 Å². The van der Waals surface area contributed by atoms with Crippen LogP contribution in [0.3, 0.4) is 0 Å². The average Bonchev–Trinajstić information content (AvgIpc) is 3.53. The zero-order valence-electron chi connectivity index (χ0n) is 22.6. The quantitative estimate of drug-likeness (QED) is 0.249. The van der Waals surface area contributed by atoms with Crippen molar-refractivity contribution in [1.82, 2.24) is 20.4 Å². The number of carbonyl (C=O) groups is 1. The highest BCUT2D eigenvalue weighted by Gasteiger charge is 2.32. The van der Waals surface area contributed by atoms with Crippen LogP contribution in [-0.4, -0.2) is 66.9 Å². The molecule has 5 rings (SSSR count). The summed E-state index contributed by atoms with van der Waals surface area (Å²) in [6.07, 6.45) is 8.03. The number of aromatic nitrogens is 2. The summed E-state index contributed by atoms with van der Waals surface area (Å²) < 4.78 is 24.8. The molecule has 1 saturated carbocycles. The third-order valence-corrected chi connectivity index (χ3v) is 9.93. The Hall–Kier alpha value is -2.63. The number of amides is 1. The van der Waals surface area contributed by atoms with Crippen LogP contribution in [0.4, 0.5) is 5.69 Å². The summed E-state index contributed by atoms with van der Waals surface area (Å²) in [5.74, 6) is 0.00179. The van der Waals surface area contributed by atoms with Crippen LogP contribution in [0.15, 0.2) is 48.7 Å². The Morgan fingerprint density at radius 1 is 1.13 bits per heavy atom. The number of nitrogens with zero attached hydrogens (tertiary/aromatic N) is 3. The number of carbonyl (C=O) groups excluding carboxylic acids is 1. The van der Waals surface area contributed by atoms with Gasteiger partial charge in [0.25, 0.3) is 5.91 Å². The third kappa shape index (κ3) is 6.41. The van der Waals surface area contributed by atoms with Gasteiger partial charge in [0.05, 0.1) is 35.3 Å². The molecule has 1 aliphatic heterocycles. The van der Waals surface area contributed by atoms with E-state index >= 15 is 0 Å². The van der Waals surface area contributed by atoms with Crippen LogP contribution >= 0.6 is 10.8 Å². The predicted octanol–water partition coefficient (Wildman–Crippen LogP) is 4.56. The van der Waals surface area contributed by atoms with Gasteiger partial charge >= 0.3 is 0 Å². The molecule has 2 fully saturated rings. The first-order valence-corrected chi connectivity index (χ1v) is 15.8. The molecule has 2 heterocycles. The maximum Gasteiger partial charge on any atom is 0.251 e. The van der Waals surface area contributed by atoms with Crippen LogP contribution in [0.2, 0.25) is 0 Å². The number of nitrogens with one attached hydrogen (secondary N) is 2. The smallest absolute Gasteiger partial charge is 0.251 e. The molecule has 2 atom stereocenters. The standard InChI is InChI=1S/C29H41N5O4S/c1-2-33-26-17-22(18-27(24(26)19-31-33)34-14-9-15-39(34,37)38)29(36)32-25(16-21-10-5-3-6-11-21)28(35)20-30-23-12-7-4-8-13-23/h3,5-6,10-11,17-19,23,25,28,30,35,37-38H,2,4,7-9,12-16,20H2,1H3,(H,32,36)/t25-,28-/m0/s1. The second kappa shape index (κ2) is 12.3. The lowest BCUT2D eigenvalue weighted by Gasteiger charge is -2.38. The van der Waals surface area contributed by atoms with Gasteiger partial charge in [0.2, 0.25) is 0 Å². The van der Waals surface area contributed by atoms with Crippen molar-refractivity contribution in [3.8, 4) is 0 Å². The Morgan fingerprint density at radius 2 is 1.90 bits per heavy atom. The van der Waals surface area contributed by atoms with Crippen molar-refractivity contribution in [3.63, 3.8) is 0 Å². The van der Waals surface area contributed by atoms with Crippen LogP contribution in [0.25, 0.3) is 10.9 Å². The molecule has 1 aromatic heterocycles. The van der Waals surface area contributed by atoms with Crippen molar-refractivity contribution >= 4 is 33.3 Å². The third-order valence-electron chi connectivity index (χ3n) is 8.00. The van der Waals surface area contributed by atoms with Crippen molar-refractivity contribution < 1.29 is 19.0 Å². The maximum absolute atomic E-state index is 13.7. The van der Waals surface area contributed by atoms with Crippen molar-refractivity contribution in [1.29, 1.82) is 0 Å². The van der Waals surface area contributed by atoms with Gasteiger partial charge in [-0.15, -0.1) is 10.8 Å². The highest BCUT2D eigenvalue weighted by molar-refractivity contribution is 8.25. The minimum atomic E-state index is -2.95. The van der Waals surface area contributed by atoms with Crippen LogP contribution < -0.4 is 14.9 Å². The van der Waals surface area contributed by atoms with E-state index in [4.69, 9.17) is 0 Å². The molecule has 10 heteroatoms. The monoisotopic (exact) mass is 555 g/mol. The normalized spacial score (nSPS) is 20.2. The van der Waals surface area contributed by atoms with E-state index in [1.807, 2.05) is 41.9 Å². The number of aliphatic hydroxyl groups is 1. The van der Waals surface area contributed by atoms with Gasteiger partial charge in [-0.05, 0) is 50.3 Å². The van der Waals surface area contributed by atoms with E-state index in [0.717, 1.165) is 29.3 Å². The minimum absolute atomic E-state index is 0.310. The summed E-state index contributed by atoms with van der Waals surface area (Å²) in [6, 6.07) is 13.3. The first-order chi connectivity index (χ1) is 18.9. The molecule has 1 amide bonds. The van der Waals surface area contributed by atoms with E-state index in [2.05, 4.69) is 15.7 Å². The zero-order valence-corrected chi connectivity index (χ0v) is 23.4. The Labute approximate surface area is 232 Å². The number of aryl methyl sites for hydroxylation is 1. The number of rotatable bonds is 10. The van der Waals surface area contributed by atoms with Gasteiger partial charge < -0.3 is 15.7 Å². The Balaban J connectivity index is 1.41. The Morgan fingerprint density at radius 3 is 2.59 bits per heavy atom. The lowest BCUT2D eigenvalue weighted by Crippen LogP contribution is -2.50. The molecule has 212 valence electrons. The van der Waals surface area contributed by atoms with Gasteiger partial charge in [-0.3, -0.25) is 22.9 Å². The number of aliphatic hydroxyl groups excluding tert-OH is 1. The minimum Gasteiger partial charge on any atom is -0.390 e. The molecule has 39 heavy (non-hydrogen) atoms. The molecule has 1 saturated heterocycles. The Bertz CT molecular complexity index is 1260. The van der Waals surface area contributed by atoms with Gasteiger partial charge in [0, 0.05) is 36.6 Å². The highest BCUT2D eigenvalue weighted by atomic mass is 32.3. The summed E-state index contributed by atoms with van der Waals surface area (Å²) >= 11 is 0. The number of fused-ring (bicyclic) bond motifs is 1. The summed E-state index contributed by atoms with van der Waals surface area (Å²) in [6.45, 7) is 3.51. The molecule has 1 aliphatic carbocycles. The second-order valence-corrected chi connectivity index (χ2v) is 12.9. The number of benzene rings is 2. The number of anilines is 1. The van der Waals surface area contributed by atoms with E-state index in [1.54, 1.807) is 22.6 Å². The van der Waals surface area contributed by atoms with E-state index < -0.39 is 22.9 Å². The second-order valence-electron chi connectivity index (χ2n) is 10.8. The molecule has 0 radical (unpaired) electrons. The van der Waals surface area contributed by atoms with Crippen molar-refractivity contribution in [3.05, 3.63) is 59.8 Å². The summed E-state index contributed by atoms with van der Waals surface area (Å²) in [4.78, 5) is 13.7. The van der Waals surface area contributed by atoms with Gasteiger partial charge in [-0.2, -0.15) is 5.10 Å². The predicted molar refractivity (Wildman–Crippen MR) is 157 cm³/mol. The van der Waals surface area contributed by atoms with Crippen LogP contribution in [0.1, 0.15) is 61.4 Å². The molecule has 0 bridgehead atoms. The first kappa shape index (κ1) is 27.9. The molecular weight excluding hydrogens is 514 g/mol. The molecule has 2 aromatic carbocycles. The molecular formula is C29H41N5O4S. The van der Waals surface area contributed by atoms with Crippen molar-refractivity contribution in [2.45, 2.75) is 76.6 Å². The topological polar surface area (TPSA) is 123 Å². The molecule has 0 spiro atoms. The fourth-order valence-electron chi connectivity index (χ4n) is 5.82. The van der Waals surface area contributed by atoms with Gasteiger partial charge in [-0.25, -0.2) is 0 Å². The molecule has 3 aromatic rings. The Kier molecular flexibility index (Phi) is 8.78. The molecule has 9 nitrogen and oxygen atoms in total. The SMILES string of the molecule is CCn1ncc2c(N3CCCS3(O)O)cc(C(=O)N[C@@H](Cc3ccccc3)[C@@H](O)CNC3CCCCC3)cc21. The number of hydrogen-bond donors (Lipinski definition) is 5. The van der Waals surface area contributed by atoms with Gasteiger partial charge in [0.15, 0.2) is 0 Å². The molecule has 2 aliphatic rings. The summed E-state index contributed by atoms with van der Waals surface area (Å²) in [5.41, 5.74) is 2.81. The van der Waals surface area contributed by atoms with Gasteiger partial charge in [-0.1, -0.05) is 49.6 Å². The molecule has 0 unspecified atom stereocenters. The van der Waals surface area contributed by atoms with Crippen LogP contribution in [0.5, 0.6) is 0 Å². The average molecular weight is 556 g/mol. The van der Waals surface area contributed by atoms with Crippen LogP contribution in [0, 0.1) is 0 Å². The van der Waals surface area contributed by atoms with Crippen LogP contribution in [-0.2, 0) is 13.0 Å². The highest BCUT2D eigenvalue weighted by Crippen LogP contribution is 2.52. The van der Waals surface area contributed by atoms with Crippen molar-refractivity contribution in [2.24, 2.45) is 0 Å². The van der Waals surface area contributed by atoms with E-state index in [-0.39, 0.29) is 5.91 Å².